The molecule has 0 aromatic rings. The van der Waals surface area contributed by atoms with E-state index >= 15 is 0 Å². The van der Waals surface area contributed by atoms with Crippen molar-refractivity contribution in [2.24, 2.45) is 11.7 Å². The molecule has 16 heavy (non-hydrogen) atoms. The molecule has 1 amide bonds. The molecular formula is C10H18N2O4. The van der Waals surface area contributed by atoms with E-state index < -0.39 is 24.0 Å². The molecule has 1 heterocycles. The molecule has 0 aromatic carbocycles. The van der Waals surface area contributed by atoms with Crippen molar-refractivity contribution in [2.75, 3.05) is 13.2 Å². The second-order valence-electron chi connectivity index (χ2n) is 3.99. The van der Waals surface area contributed by atoms with Crippen LogP contribution in [0.4, 0.5) is 0 Å². The van der Waals surface area contributed by atoms with E-state index in [0.717, 1.165) is 6.42 Å². The number of rotatable bonds is 5. The van der Waals surface area contributed by atoms with Crippen LogP contribution in [0.5, 0.6) is 0 Å². The molecule has 1 fully saturated rings. The summed E-state index contributed by atoms with van der Waals surface area (Å²) >= 11 is 0. The molecule has 0 radical (unpaired) electrons. The number of ether oxygens (including phenoxy) is 1. The number of hydrogen-bond donors (Lipinski definition) is 3. The monoisotopic (exact) mass is 230 g/mol. The highest BCUT2D eigenvalue weighted by Gasteiger charge is 2.35. The minimum Gasteiger partial charge on any atom is -0.481 e. The topological polar surface area (TPSA) is 102 Å². The molecule has 92 valence electrons. The maximum Gasteiger partial charge on any atom is 0.311 e. The highest BCUT2D eigenvalue weighted by Crippen LogP contribution is 2.14. The van der Waals surface area contributed by atoms with Crippen LogP contribution in [0.15, 0.2) is 0 Å². The first-order chi connectivity index (χ1) is 7.56. The summed E-state index contributed by atoms with van der Waals surface area (Å²) in [7, 11) is 0. The lowest BCUT2D eigenvalue weighted by atomic mass is 10.0. The average molecular weight is 230 g/mol. The summed E-state index contributed by atoms with van der Waals surface area (Å²) in [6.07, 6.45) is 1.41. The highest BCUT2D eigenvalue weighted by atomic mass is 16.5. The van der Waals surface area contributed by atoms with Gasteiger partial charge >= 0.3 is 5.97 Å². The van der Waals surface area contributed by atoms with Crippen LogP contribution in [-0.2, 0) is 14.3 Å². The first kappa shape index (κ1) is 12.9. The van der Waals surface area contributed by atoms with Crippen molar-refractivity contribution >= 4 is 11.9 Å². The fraction of sp³-hybridized carbons (Fsp3) is 0.800. The Hall–Kier alpha value is -1.14. The van der Waals surface area contributed by atoms with E-state index in [0.29, 0.717) is 6.42 Å². The highest BCUT2D eigenvalue weighted by molar-refractivity contribution is 5.82. The van der Waals surface area contributed by atoms with Crippen LogP contribution in [0.2, 0.25) is 0 Å². The molecule has 6 heteroatoms. The summed E-state index contributed by atoms with van der Waals surface area (Å²) in [6, 6.07) is -1.03. The molecular weight excluding hydrogens is 212 g/mol. The van der Waals surface area contributed by atoms with Crippen molar-refractivity contribution in [1.82, 2.24) is 5.32 Å². The number of nitrogens with two attached hydrogens (primary N) is 1. The van der Waals surface area contributed by atoms with Crippen LogP contribution in [0.1, 0.15) is 19.8 Å². The number of hydrogen-bond acceptors (Lipinski definition) is 4. The number of nitrogens with one attached hydrogen (secondary N) is 1. The number of carboxylic acid groups (broad SMARTS) is 1. The molecule has 1 saturated heterocycles. The fourth-order valence-corrected chi connectivity index (χ4v) is 1.67. The Morgan fingerprint density at radius 2 is 2.25 bits per heavy atom. The van der Waals surface area contributed by atoms with Crippen molar-refractivity contribution in [2.45, 2.75) is 31.8 Å². The maximum atomic E-state index is 11.6. The van der Waals surface area contributed by atoms with Crippen molar-refractivity contribution in [3.63, 3.8) is 0 Å². The zero-order valence-electron chi connectivity index (χ0n) is 9.31. The summed E-state index contributed by atoms with van der Waals surface area (Å²) in [5, 5.41) is 11.5. The molecule has 1 aliphatic rings. The quantitative estimate of drug-likeness (QED) is 0.581. The van der Waals surface area contributed by atoms with Crippen molar-refractivity contribution in [3.8, 4) is 0 Å². The third kappa shape index (κ3) is 3.18. The molecule has 0 bridgehead atoms. The van der Waals surface area contributed by atoms with Crippen LogP contribution in [-0.4, -0.2) is 42.3 Å². The second kappa shape index (κ2) is 5.81. The third-order valence-corrected chi connectivity index (χ3v) is 2.66. The van der Waals surface area contributed by atoms with Gasteiger partial charge in [-0.25, -0.2) is 0 Å². The minimum absolute atomic E-state index is 0.142. The Morgan fingerprint density at radius 1 is 1.56 bits per heavy atom. The summed E-state index contributed by atoms with van der Waals surface area (Å²) < 4.78 is 5.04. The van der Waals surface area contributed by atoms with Gasteiger partial charge < -0.3 is 20.9 Å². The Bertz CT molecular complexity index is 270. The van der Waals surface area contributed by atoms with Crippen LogP contribution < -0.4 is 11.1 Å². The zero-order chi connectivity index (χ0) is 12.1. The fourth-order valence-electron chi connectivity index (χ4n) is 1.67. The van der Waals surface area contributed by atoms with E-state index in [-0.39, 0.29) is 19.1 Å². The second-order valence-corrected chi connectivity index (χ2v) is 3.99. The number of carbonyl (C=O) groups excluding carboxylic acids is 1. The molecule has 4 N–H and O–H groups in total. The van der Waals surface area contributed by atoms with E-state index in [2.05, 4.69) is 5.32 Å². The third-order valence-electron chi connectivity index (χ3n) is 2.66. The van der Waals surface area contributed by atoms with Gasteiger partial charge in [-0.2, -0.15) is 0 Å². The van der Waals surface area contributed by atoms with Gasteiger partial charge in [-0.3, -0.25) is 9.59 Å². The van der Waals surface area contributed by atoms with Crippen LogP contribution >= 0.6 is 0 Å². The van der Waals surface area contributed by atoms with Gasteiger partial charge in [0, 0.05) is 0 Å². The minimum atomic E-state index is -0.952. The van der Waals surface area contributed by atoms with Gasteiger partial charge in [0.15, 0.2) is 0 Å². The Balaban J connectivity index is 2.47. The van der Waals surface area contributed by atoms with Gasteiger partial charge in [0.25, 0.3) is 0 Å². The van der Waals surface area contributed by atoms with E-state index in [4.69, 9.17) is 15.6 Å². The first-order valence-electron chi connectivity index (χ1n) is 5.42. The lowest BCUT2D eigenvalue weighted by Crippen LogP contribution is -2.49. The molecule has 0 aliphatic carbocycles. The number of amides is 1. The molecule has 2 unspecified atom stereocenters. The average Bonchev–Trinajstić information content (AvgIpc) is 2.66. The van der Waals surface area contributed by atoms with Crippen molar-refractivity contribution in [3.05, 3.63) is 0 Å². The number of aliphatic carboxylic acids is 1. The lowest BCUT2D eigenvalue weighted by molar-refractivity contribution is -0.142. The SMILES string of the molecule is CCC[C@H](N)C(=O)NC1COCC1C(=O)O. The molecule has 0 saturated carbocycles. The first-order valence-corrected chi connectivity index (χ1v) is 5.42. The standard InChI is InChI=1S/C10H18N2O4/c1-2-3-7(11)9(13)12-8-5-16-4-6(8)10(14)15/h6-8H,2-5,11H2,1H3,(H,12,13)(H,14,15)/t6?,7-,8?/m0/s1. The Kier molecular flexibility index (Phi) is 4.70. The Labute approximate surface area is 94.1 Å². The van der Waals surface area contributed by atoms with Crippen LogP contribution in [0, 0.1) is 5.92 Å². The number of carbonyl (C=O) groups is 2. The normalized spacial score (nSPS) is 26.4. The van der Waals surface area contributed by atoms with Crippen molar-refractivity contribution in [1.29, 1.82) is 0 Å². The molecule has 0 spiro atoms. The van der Waals surface area contributed by atoms with Crippen LogP contribution in [0.25, 0.3) is 0 Å². The number of carboxylic acids is 1. The van der Waals surface area contributed by atoms with Crippen molar-refractivity contribution < 1.29 is 19.4 Å². The summed E-state index contributed by atoms with van der Waals surface area (Å²) in [5.41, 5.74) is 5.63. The van der Waals surface area contributed by atoms with Gasteiger partial charge in [0.05, 0.1) is 25.3 Å². The summed E-state index contributed by atoms with van der Waals surface area (Å²) in [6.45, 7) is 2.32. The molecule has 6 nitrogen and oxygen atoms in total. The molecule has 1 aliphatic heterocycles. The van der Waals surface area contributed by atoms with Crippen LogP contribution in [0.3, 0.4) is 0 Å². The smallest absolute Gasteiger partial charge is 0.311 e. The Morgan fingerprint density at radius 3 is 2.81 bits per heavy atom. The molecule has 0 aromatic heterocycles. The lowest BCUT2D eigenvalue weighted by Gasteiger charge is -2.18. The summed E-state index contributed by atoms with van der Waals surface area (Å²) in [4.78, 5) is 22.4. The summed E-state index contributed by atoms with van der Waals surface area (Å²) in [5.74, 6) is -1.92. The van der Waals surface area contributed by atoms with E-state index in [9.17, 15) is 9.59 Å². The predicted molar refractivity (Wildman–Crippen MR) is 56.8 cm³/mol. The largest absolute Gasteiger partial charge is 0.481 e. The van der Waals surface area contributed by atoms with Gasteiger partial charge in [0.2, 0.25) is 5.91 Å². The molecule has 3 atom stereocenters. The maximum absolute atomic E-state index is 11.6. The molecule has 1 rings (SSSR count). The van der Waals surface area contributed by atoms with E-state index in [1.807, 2.05) is 6.92 Å². The van der Waals surface area contributed by atoms with Gasteiger partial charge in [0.1, 0.15) is 5.92 Å². The predicted octanol–water partition coefficient (Wildman–Crippen LogP) is -0.670. The van der Waals surface area contributed by atoms with Gasteiger partial charge in [-0.1, -0.05) is 13.3 Å². The van der Waals surface area contributed by atoms with Gasteiger partial charge in [-0.15, -0.1) is 0 Å². The zero-order valence-corrected chi connectivity index (χ0v) is 9.31. The van der Waals surface area contributed by atoms with E-state index in [1.165, 1.54) is 0 Å². The van der Waals surface area contributed by atoms with E-state index in [1.54, 1.807) is 0 Å². The van der Waals surface area contributed by atoms with Gasteiger partial charge in [-0.05, 0) is 6.42 Å².